The Morgan fingerprint density at radius 3 is 2.85 bits per heavy atom. The molecule has 2 N–H and O–H groups in total. The minimum Gasteiger partial charge on any atom is -0.369 e. The van der Waals surface area contributed by atoms with E-state index in [-0.39, 0.29) is 17.7 Å². The standard InChI is InChI=1S/C14H14BrFN2O2/c15-11-2-3-12(16)9(7-11)1-4-13(19)18-6-5-10(8-18)14(17)20/h1-4,7,10H,5-6,8H2,(H2,17,20)/b4-1+/t10-/m0/s1. The first-order valence-electron chi connectivity index (χ1n) is 6.18. The molecule has 1 aliphatic rings. The Bertz CT molecular complexity index is 574. The van der Waals surface area contributed by atoms with Crippen molar-refractivity contribution >= 4 is 33.8 Å². The SMILES string of the molecule is NC(=O)[C@H]1CCN(C(=O)/C=C/c2cc(Br)ccc2F)C1. The molecule has 1 heterocycles. The fourth-order valence-corrected chi connectivity index (χ4v) is 2.48. The molecule has 1 saturated heterocycles. The molecule has 0 radical (unpaired) electrons. The van der Waals surface area contributed by atoms with E-state index in [0.29, 0.717) is 25.1 Å². The lowest BCUT2D eigenvalue weighted by molar-refractivity contribution is -0.125. The van der Waals surface area contributed by atoms with Crippen LogP contribution in [0.3, 0.4) is 0 Å². The number of nitrogens with two attached hydrogens (primary N) is 1. The molecule has 20 heavy (non-hydrogen) atoms. The highest BCUT2D eigenvalue weighted by atomic mass is 79.9. The molecule has 1 aromatic rings. The number of carbonyl (C=O) groups excluding carboxylic acids is 2. The van der Waals surface area contributed by atoms with E-state index in [0.717, 1.165) is 4.47 Å². The first-order chi connectivity index (χ1) is 9.47. The predicted octanol–water partition coefficient (Wildman–Crippen LogP) is 1.94. The van der Waals surface area contributed by atoms with Gasteiger partial charge in [0.1, 0.15) is 5.82 Å². The van der Waals surface area contributed by atoms with Gasteiger partial charge >= 0.3 is 0 Å². The molecule has 0 bridgehead atoms. The van der Waals surface area contributed by atoms with Crippen molar-refractivity contribution < 1.29 is 14.0 Å². The van der Waals surface area contributed by atoms with Crippen LogP contribution in [0, 0.1) is 11.7 Å². The summed E-state index contributed by atoms with van der Waals surface area (Å²) >= 11 is 3.25. The second kappa shape index (κ2) is 6.17. The monoisotopic (exact) mass is 340 g/mol. The van der Waals surface area contributed by atoms with Crippen LogP contribution in [-0.2, 0) is 9.59 Å². The molecule has 0 saturated carbocycles. The highest BCUT2D eigenvalue weighted by Gasteiger charge is 2.28. The molecule has 1 atom stereocenters. The lowest BCUT2D eigenvalue weighted by atomic mass is 10.1. The summed E-state index contributed by atoms with van der Waals surface area (Å²) in [6.45, 7) is 0.831. The van der Waals surface area contributed by atoms with Crippen LogP contribution in [0.25, 0.3) is 6.08 Å². The van der Waals surface area contributed by atoms with E-state index in [2.05, 4.69) is 15.9 Å². The molecular formula is C14H14BrFN2O2. The number of hydrogen-bond donors (Lipinski definition) is 1. The van der Waals surface area contributed by atoms with E-state index in [1.807, 2.05) is 0 Å². The van der Waals surface area contributed by atoms with Gasteiger partial charge < -0.3 is 10.6 Å². The Labute approximate surface area is 124 Å². The van der Waals surface area contributed by atoms with Crippen molar-refractivity contribution in [1.82, 2.24) is 4.90 Å². The quantitative estimate of drug-likeness (QED) is 0.854. The van der Waals surface area contributed by atoms with Crippen molar-refractivity contribution in [2.24, 2.45) is 11.7 Å². The number of amides is 2. The summed E-state index contributed by atoms with van der Waals surface area (Å²) in [6.07, 6.45) is 3.33. The second-order valence-corrected chi connectivity index (χ2v) is 5.59. The topological polar surface area (TPSA) is 63.4 Å². The predicted molar refractivity (Wildman–Crippen MR) is 77.0 cm³/mol. The molecule has 0 aromatic heterocycles. The average molecular weight is 341 g/mol. The highest BCUT2D eigenvalue weighted by molar-refractivity contribution is 9.10. The van der Waals surface area contributed by atoms with Crippen LogP contribution in [0.4, 0.5) is 4.39 Å². The van der Waals surface area contributed by atoms with Crippen LogP contribution < -0.4 is 5.73 Å². The largest absolute Gasteiger partial charge is 0.369 e. The van der Waals surface area contributed by atoms with Crippen LogP contribution in [-0.4, -0.2) is 29.8 Å². The molecule has 0 spiro atoms. The first kappa shape index (κ1) is 14.7. The Morgan fingerprint density at radius 2 is 2.20 bits per heavy atom. The smallest absolute Gasteiger partial charge is 0.246 e. The maximum atomic E-state index is 13.5. The van der Waals surface area contributed by atoms with Crippen molar-refractivity contribution in [1.29, 1.82) is 0 Å². The summed E-state index contributed by atoms with van der Waals surface area (Å²) in [4.78, 5) is 24.5. The second-order valence-electron chi connectivity index (χ2n) is 4.67. The van der Waals surface area contributed by atoms with Crippen LogP contribution in [0.2, 0.25) is 0 Å². The summed E-state index contributed by atoms with van der Waals surface area (Å²) in [5, 5.41) is 0. The molecule has 2 rings (SSSR count). The maximum Gasteiger partial charge on any atom is 0.246 e. The maximum absolute atomic E-state index is 13.5. The molecule has 4 nitrogen and oxygen atoms in total. The number of hydrogen-bond acceptors (Lipinski definition) is 2. The van der Waals surface area contributed by atoms with Gasteiger partial charge in [-0.25, -0.2) is 4.39 Å². The van der Waals surface area contributed by atoms with Gasteiger partial charge in [0.05, 0.1) is 5.92 Å². The molecule has 2 amide bonds. The van der Waals surface area contributed by atoms with Crippen LogP contribution >= 0.6 is 15.9 Å². The van der Waals surface area contributed by atoms with Gasteiger partial charge in [-0.15, -0.1) is 0 Å². The highest BCUT2D eigenvalue weighted by Crippen LogP contribution is 2.18. The van der Waals surface area contributed by atoms with E-state index in [4.69, 9.17) is 5.73 Å². The molecule has 1 aromatic carbocycles. The summed E-state index contributed by atoms with van der Waals surface area (Å²) in [5.41, 5.74) is 5.54. The number of primary amides is 1. The average Bonchev–Trinajstić information content (AvgIpc) is 2.89. The number of benzene rings is 1. The van der Waals surface area contributed by atoms with Crippen LogP contribution in [0.5, 0.6) is 0 Å². The van der Waals surface area contributed by atoms with Crippen molar-refractivity contribution in [3.63, 3.8) is 0 Å². The minimum atomic E-state index is -0.395. The van der Waals surface area contributed by atoms with Crippen molar-refractivity contribution in [2.75, 3.05) is 13.1 Å². The van der Waals surface area contributed by atoms with E-state index in [9.17, 15) is 14.0 Å². The lowest BCUT2D eigenvalue weighted by Crippen LogP contribution is -2.30. The van der Waals surface area contributed by atoms with Crippen molar-refractivity contribution in [2.45, 2.75) is 6.42 Å². The van der Waals surface area contributed by atoms with Gasteiger partial charge in [-0.05, 0) is 30.7 Å². The molecule has 0 aliphatic carbocycles. The van der Waals surface area contributed by atoms with E-state index in [1.165, 1.54) is 18.2 Å². The van der Waals surface area contributed by atoms with Gasteiger partial charge in [-0.1, -0.05) is 15.9 Å². The number of likely N-dealkylation sites (tertiary alicyclic amines) is 1. The lowest BCUT2D eigenvalue weighted by Gasteiger charge is -2.13. The van der Waals surface area contributed by atoms with E-state index < -0.39 is 5.82 Å². The Kier molecular flexibility index (Phi) is 4.54. The fraction of sp³-hybridized carbons (Fsp3) is 0.286. The van der Waals surface area contributed by atoms with Crippen LogP contribution in [0.15, 0.2) is 28.7 Å². The molecule has 0 unspecified atom stereocenters. The Balaban J connectivity index is 2.03. The first-order valence-corrected chi connectivity index (χ1v) is 6.98. The van der Waals surface area contributed by atoms with Crippen molar-refractivity contribution in [3.05, 3.63) is 40.1 Å². The molecular weight excluding hydrogens is 327 g/mol. The zero-order valence-electron chi connectivity index (χ0n) is 10.7. The number of carbonyl (C=O) groups is 2. The zero-order valence-corrected chi connectivity index (χ0v) is 12.3. The third-order valence-corrected chi connectivity index (χ3v) is 3.76. The fourth-order valence-electron chi connectivity index (χ4n) is 2.10. The number of rotatable bonds is 3. The van der Waals surface area contributed by atoms with Crippen molar-refractivity contribution in [3.8, 4) is 0 Å². The van der Waals surface area contributed by atoms with E-state index in [1.54, 1.807) is 17.0 Å². The number of halogens is 2. The van der Waals surface area contributed by atoms with Gasteiger partial charge in [-0.3, -0.25) is 9.59 Å². The summed E-state index contributed by atoms with van der Waals surface area (Å²) in [7, 11) is 0. The summed E-state index contributed by atoms with van der Waals surface area (Å²) in [5.74, 6) is -1.31. The van der Waals surface area contributed by atoms with Crippen LogP contribution in [0.1, 0.15) is 12.0 Å². The van der Waals surface area contributed by atoms with Gasteiger partial charge in [0, 0.05) is 29.2 Å². The van der Waals surface area contributed by atoms with Gasteiger partial charge in [-0.2, -0.15) is 0 Å². The number of nitrogens with zero attached hydrogens (tertiary/aromatic N) is 1. The molecule has 106 valence electrons. The summed E-state index contributed by atoms with van der Waals surface area (Å²) < 4.78 is 14.2. The molecule has 1 fully saturated rings. The van der Waals surface area contributed by atoms with E-state index >= 15 is 0 Å². The minimum absolute atomic E-state index is 0.242. The summed E-state index contributed by atoms with van der Waals surface area (Å²) in [6, 6.07) is 4.51. The zero-order chi connectivity index (χ0) is 14.7. The third-order valence-electron chi connectivity index (χ3n) is 3.27. The molecule has 1 aliphatic heterocycles. The Morgan fingerprint density at radius 1 is 1.45 bits per heavy atom. The third kappa shape index (κ3) is 3.45. The Hall–Kier alpha value is -1.69. The van der Waals surface area contributed by atoms with Gasteiger partial charge in [0.25, 0.3) is 0 Å². The van der Waals surface area contributed by atoms with Gasteiger partial charge in [0.2, 0.25) is 11.8 Å². The molecule has 6 heteroatoms. The normalized spacial score (nSPS) is 18.7. The van der Waals surface area contributed by atoms with Gasteiger partial charge in [0.15, 0.2) is 0 Å².